The highest BCUT2D eigenvalue weighted by atomic mass is 16.7. The molecule has 4 aliphatic rings. The zero-order valence-corrected chi connectivity index (χ0v) is 37.0. The molecule has 0 radical (unpaired) electrons. The number of ether oxygens (including phenoxy) is 6. The van der Waals surface area contributed by atoms with Crippen molar-refractivity contribution in [1.82, 2.24) is 5.32 Å². The molecule has 2 bridgehead atoms. The van der Waals surface area contributed by atoms with E-state index in [-0.39, 0.29) is 50.2 Å². The van der Waals surface area contributed by atoms with Crippen LogP contribution in [0.3, 0.4) is 0 Å². The number of carbonyl (C=O) groups excluding carboxylic acids is 4. The summed E-state index contributed by atoms with van der Waals surface area (Å²) in [7, 11) is 0. The molecule has 1 saturated heterocycles. The van der Waals surface area contributed by atoms with Crippen molar-refractivity contribution in [1.29, 1.82) is 0 Å². The van der Waals surface area contributed by atoms with E-state index in [1.54, 1.807) is 47.6 Å². The summed E-state index contributed by atoms with van der Waals surface area (Å²) >= 11 is 0. The van der Waals surface area contributed by atoms with Crippen LogP contribution in [0.1, 0.15) is 129 Å². The van der Waals surface area contributed by atoms with E-state index in [4.69, 9.17) is 28.4 Å². The van der Waals surface area contributed by atoms with E-state index in [2.05, 4.69) is 11.9 Å². The molecule has 3 aliphatic carbocycles. The molecule has 0 aromatic rings. The Bertz CT molecular complexity index is 1580. The summed E-state index contributed by atoms with van der Waals surface area (Å²) in [4.78, 5) is 53.3. The molecule has 0 aromatic heterocycles. The molecule has 14 heteroatoms. The second-order valence-corrected chi connectivity index (χ2v) is 19.1. The topological polar surface area (TPSA) is 196 Å². The van der Waals surface area contributed by atoms with E-state index < -0.39 is 100 Å². The van der Waals surface area contributed by atoms with Crippen molar-refractivity contribution in [3.8, 4) is 0 Å². The van der Waals surface area contributed by atoms with E-state index in [0.29, 0.717) is 24.0 Å². The van der Waals surface area contributed by atoms with Gasteiger partial charge in [0.15, 0.2) is 18.5 Å². The van der Waals surface area contributed by atoms with Crippen LogP contribution in [0.4, 0.5) is 4.79 Å². The maximum absolute atomic E-state index is 14.1. The molecule has 13 atom stereocenters. The van der Waals surface area contributed by atoms with Gasteiger partial charge in [0.1, 0.15) is 23.4 Å². The van der Waals surface area contributed by atoms with Crippen molar-refractivity contribution in [3.63, 3.8) is 0 Å². The maximum Gasteiger partial charge on any atom is 0.407 e. The molecular formula is C44H71NO13. The first-order chi connectivity index (χ1) is 26.8. The number of alkyl carbamates (subject to hydrolysis) is 1. The normalized spacial score (nSPS) is 36.0. The molecule has 1 amide bonds. The largest absolute Gasteiger partial charge is 0.458 e. The first kappa shape index (κ1) is 47.6. The summed E-state index contributed by atoms with van der Waals surface area (Å²) < 4.78 is 37.7. The average molecular weight is 822 g/mol. The third-order valence-corrected chi connectivity index (χ3v) is 13.4. The molecule has 1 spiro atoms. The van der Waals surface area contributed by atoms with E-state index in [0.717, 1.165) is 0 Å². The van der Waals surface area contributed by atoms with Crippen LogP contribution in [0.2, 0.25) is 0 Å². The molecule has 0 aromatic carbocycles. The minimum atomic E-state index is -1.79. The van der Waals surface area contributed by atoms with Crippen LogP contribution in [-0.2, 0) is 42.8 Å². The van der Waals surface area contributed by atoms with Crippen LogP contribution in [0.25, 0.3) is 0 Å². The van der Waals surface area contributed by atoms with Gasteiger partial charge in [0.05, 0.1) is 17.7 Å². The lowest BCUT2D eigenvalue weighted by molar-refractivity contribution is -0.209. The fourth-order valence-electron chi connectivity index (χ4n) is 11.4. The van der Waals surface area contributed by atoms with Crippen LogP contribution in [0, 0.1) is 34.5 Å². The number of nitrogens with one attached hydrogen (secondary N) is 1. The van der Waals surface area contributed by atoms with Gasteiger partial charge in [-0.3, -0.25) is 9.59 Å². The third kappa shape index (κ3) is 8.73. The molecular weight excluding hydrogens is 750 g/mol. The SMILES string of the molecule is C=C[C@@H]1OC(CC)CC(C)[C@@]2(OC(C)=O)C(CCO)[C@]23C[C@@H](O1)[C@@H](OC(C)=O)C1=C(C)[C@@H](OC(=O)[C@H](O)[C@H](CC(C)C)NC(=O)OC(C)(C)C)CC1(C(C)(C)O)[C@H]3C. The Morgan fingerprint density at radius 1 is 1.03 bits per heavy atom. The van der Waals surface area contributed by atoms with Crippen LogP contribution in [-0.4, -0.2) is 106 Å². The summed E-state index contributed by atoms with van der Waals surface area (Å²) in [6.07, 6.45) is -3.64. The van der Waals surface area contributed by atoms with Gasteiger partial charge < -0.3 is 49.1 Å². The predicted molar refractivity (Wildman–Crippen MR) is 214 cm³/mol. The lowest BCUT2D eigenvalue weighted by atomic mass is 9.56. The molecule has 4 N–H and O–H groups in total. The van der Waals surface area contributed by atoms with Crippen LogP contribution >= 0.6 is 0 Å². The van der Waals surface area contributed by atoms with E-state index in [1.807, 2.05) is 34.6 Å². The quantitative estimate of drug-likeness (QED) is 0.101. The number of aliphatic hydroxyl groups is 3. The highest BCUT2D eigenvalue weighted by Gasteiger charge is 2.86. The van der Waals surface area contributed by atoms with Gasteiger partial charge in [0, 0.05) is 43.6 Å². The number of aliphatic hydroxyl groups excluding tert-OH is 2. The van der Waals surface area contributed by atoms with Crippen molar-refractivity contribution in [2.24, 2.45) is 34.5 Å². The van der Waals surface area contributed by atoms with Gasteiger partial charge >= 0.3 is 24.0 Å². The first-order valence-corrected chi connectivity index (χ1v) is 21.0. The van der Waals surface area contributed by atoms with Crippen LogP contribution in [0.15, 0.2) is 23.8 Å². The molecule has 330 valence electrons. The van der Waals surface area contributed by atoms with Crippen molar-refractivity contribution in [3.05, 3.63) is 23.8 Å². The fourth-order valence-corrected chi connectivity index (χ4v) is 11.4. The van der Waals surface area contributed by atoms with Gasteiger partial charge in [0.2, 0.25) is 0 Å². The fraction of sp³-hybridized carbons (Fsp3) is 0.818. The molecule has 1 aliphatic heterocycles. The van der Waals surface area contributed by atoms with Crippen molar-refractivity contribution < 1.29 is 62.9 Å². The third-order valence-electron chi connectivity index (χ3n) is 13.4. The number of hydrogen-bond donors (Lipinski definition) is 4. The van der Waals surface area contributed by atoms with Crippen molar-refractivity contribution in [2.45, 2.75) is 188 Å². The Morgan fingerprint density at radius 3 is 2.17 bits per heavy atom. The molecule has 3 fully saturated rings. The molecule has 2 saturated carbocycles. The highest BCUT2D eigenvalue weighted by molar-refractivity contribution is 5.77. The Hall–Kier alpha value is -3.04. The number of esters is 3. The molecule has 1 heterocycles. The van der Waals surface area contributed by atoms with E-state index >= 15 is 0 Å². The second-order valence-electron chi connectivity index (χ2n) is 19.1. The van der Waals surface area contributed by atoms with Gasteiger partial charge in [-0.25, -0.2) is 9.59 Å². The lowest BCUT2D eigenvalue weighted by Gasteiger charge is -2.50. The summed E-state index contributed by atoms with van der Waals surface area (Å²) in [6, 6.07) is -1.05. The Balaban J connectivity index is 1.96. The zero-order valence-electron chi connectivity index (χ0n) is 37.0. The Morgan fingerprint density at radius 2 is 1.67 bits per heavy atom. The predicted octanol–water partition coefficient (Wildman–Crippen LogP) is 5.68. The first-order valence-electron chi connectivity index (χ1n) is 21.0. The molecule has 4 unspecified atom stereocenters. The minimum absolute atomic E-state index is 0.00716. The van der Waals surface area contributed by atoms with Gasteiger partial charge in [-0.15, -0.1) is 0 Å². The zero-order chi connectivity index (χ0) is 43.9. The van der Waals surface area contributed by atoms with Gasteiger partial charge in [-0.05, 0) is 109 Å². The Kier molecular flexibility index (Phi) is 14.4. The number of amides is 1. The van der Waals surface area contributed by atoms with Crippen LogP contribution in [0.5, 0.6) is 0 Å². The summed E-state index contributed by atoms with van der Waals surface area (Å²) in [5.41, 5.74) is -4.88. The molecule has 58 heavy (non-hydrogen) atoms. The molecule has 14 nitrogen and oxygen atoms in total. The average Bonchev–Trinajstić information content (AvgIpc) is 3.53. The number of hydrogen-bond acceptors (Lipinski definition) is 13. The monoisotopic (exact) mass is 821 g/mol. The van der Waals surface area contributed by atoms with Gasteiger partial charge in [0.25, 0.3) is 0 Å². The van der Waals surface area contributed by atoms with Gasteiger partial charge in [-0.1, -0.05) is 41.2 Å². The summed E-state index contributed by atoms with van der Waals surface area (Å²) in [6.45, 7) is 26.4. The Labute approximate surface area is 344 Å². The highest BCUT2D eigenvalue weighted by Crippen LogP contribution is 2.81. The standard InChI is InChI=1S/C44H71NO13/c1-15-29-20-24(5)44(57-28(9)48)33(17-18-46)42(44)22-32(55-34(16-2)54-29)37(53-27(8)47)35-25(6)31(21-43(35,26(42)7)41(13,14)52)56-38(50)36(49)30(19-23(3)4)45-39(51)58-40(10,11)12/h16,23-24,26,29-34,36-37,46,49,52H,2,15,17-22H2,1,3-14H3,(H,45,51)/t24?,26-,29?,30-,31-,32+,33?,34+,36+,37+,42+,43?,44+/m0/s1. The van der Waals surface area contributed by atoms with E-state index in [1.165, 1.54) is 13.8 Å². The van der Waals surface area contributed by atoms with Crippen molar-refractivity contribution >= 4 is 24.0 Å². The number of fused-ring (bicyclic) bond motifs is 2. The van der Waals surface area contributed by atoms with Crippen LogP contribution < -0.4 is 5.32 Å². The summed E-state index contributed by atoms with van der Waals surface area (Å²) in [5, 5.41) is 37.5. The molecule has 4 rings (SSSR count). The van der Waals surface area contributed by atoms with Gasteiger partial charge in [-0.2, -0.15) is 0 Å². The maximum atomic E-state index is 14.1. The van der Waals surface area contributed by atoms with Crippen molar-refractivity contribution in [2.75, 3.05) is 6.61 Å². The second kappa shape index (κ2) is 17.5. The number of rotatable bonds is 13. The lowest BCUT2D eigenvalue weighted by Crippen LogP contribution is -2.54. The smallest absolute Gasteiger partial charge is 0.407 e. The minimum Gasteiger partial charge on any atom is -0.458 e. The van der Waals surface area contributed by atoms with E-state index in [9.17, 15) is 34.5 Å². The summed E-state index contributed by atoms with van der Waals surface area (Å²) in [5.74, 6) is -3.45. The number of carbonyl (C=O) groups is 4.